The molecule has 0 atom stereocenters. The van der Waals surface area contributed by atoms with Gasteiger partial charge in [0.2, 0.25) is 0 Å². The molecule has 0 unspecified atom stereocenters. The molecule has 2 aromatic carbocycles. The van der Waals surface area contributed by atoms with Gasteiger partial charge in [0.05, 0.1) is 17.9 Å². The number of phenols is 1. The molecule has 0 radical (unpaired) electrons. The highest BCUT2D eigenvalue weighted by atomic mass is 16.6. The lowest BCUT2D eigenvalue weighted by Gasteiger charge is -2.18. The SMILES string of the molecule is Cc1ccc(O)c(-c2cc(-c3ccc(C#CCNC(=O)OC(C)(C)C)cc3)n[nH]2)c1. The first-order valence-electron chi connectivity index (χ1n) is 9.63. The van der Waals surface area contributed by atoms with Gasteiger partial charge in [-0.15, -0.1) is 0 Å². The lowest BCUT2D eigenvalue weighted by Crippen LogP contribution is -2.32. The predicted molar refractivity (Wildman–Crippen MR) is 117 cm³/mol. The zero-order valence-electron chi connectivity index (χ0n) is 17.5. The van der Waals surface area contributed by atoms with Gasteiger partial charge in [-0.1, -0.05) is 35.6 Å². The number of aryl methyl sites for hydroxylation is 1. The van der Waals surface area contributed by atoms with Crippen LogP contribution in [0.4, 0.5) is 4.79 Å². The van der Waals surface area contributed by atoms with Gasteiger partial charge in [-0.05, 0) is 58.0 Å². The van der Waals surface area contributed by atoms with Crippen molar-refractivity contribution in [1.82, 2.24) is 15.5 Å². The highest BCUT2D eigenvalue weighted by Gasteiger charge is 2.15. The molecule has 154 valence electrons. The van der Waals surface area contributed by atoms with E-state index >= 15 is 0 Å². The highest BCUT2D eigenvalue weighted by Crippen LogP contribution is 2.31. The molecule has 6 nitrogen and oxygen atoms in total. The van der Waals surface area contributed by atoms with Crippen LogP contribution in [0.25, 0.3) is 22.5 Å². The Bertz CT molecular complexity index is 1100. The molecule has 6 heteroatoms. The number of nitrogens with one attached hydrogen (secondary N) is 2. The van der Waals surface area contributed by atoms with Crippen LogP contribution in [0.1, 0.15) is 31.9 Å². The van der Waals surface area contributed by atoms with E-state index in [0.717, 1.165) is 28.1 Å². The summed E-state index contributed by atoms with van der Waals surface area (Å²) < 4.78 is 5.16. The molecule has 0 spiro atoms. The van der Waals surface area contributed by atoms with E-state index in [1.165, 1.54) is 0 Å². The molecule has 1 aromatic heterocycles. The molecular weight excluding hydrogens is 378 g/mol. The summed E-state index contributed by atoms with van der Waals surface area (Å²) in [5.41, 5.74) is 4.54. The van der Waals surface area contributed by atoms with Gasteiger partial charge in [-0.25, -0.2) is 4.79 Å². The second-order valence-electron chi connectivity index (χ2n) is 7.92. The van der Waals surface area contributed by atoms with Crippen molar-refractivity contribution in [3.05, 3.63) is 59.7 Å². The van der Waals surface area contributed by atoms with Crippen molar-refractivity contribution in [1.29, 1.82) is 0 Å². The second-order valence-corrected chi connectivity index (χ2v) is 7.92. The number of ether oxygens (including phenoxy) is 1. The summed E-state index contributed by atoms with van der Waals surface area (Å²) in [7, 11) is 0. The quantitative estimate of drug-likeness (QED) is 0.556. The van der Waals surface area contributed by atoms with Crippen LogP contribution in [0.15, 0.2) is 48.5 Å². The summed E-state index contributed by atoms with van der Waals surface area (Å²) in [6, 6.07) is 15.0. The van der Waals surface area contributed by atoms with Crippen molar-refractivity contribution in [3.63, 3.8) is 0 Å². The van der Waals surface area contributed by atoms with Gasteiger partial charge in [0.25, 0.3) is 0 Å². The maximum Gasteiger partial charge on any atom is 0.408 e. The summed E-state index contributed by atoms with van der Waals surface area (Å²) in [6.07, 6.45) is -0.485. The highest BCUT2D eigenvalue weighted by molar-refractivity contribution is 5.72. The maximum absolute atomic E-state index is 11.6. The topological polar surface area (TPSA) is 87.2 Å². The third-order valence-corrected chi connectivity index (χ3v) is 4.15. The second kappa shape index (κ2) is 8.75. The van der Waals surface area contributed by atoms with E-state index in [4.69, 9.17) is 4.74 Å². The number of H-pyrrole nitrogens is 1. The van der Waals surface area contributed by atoms with Gasteiger partial charge in [-0.3, -0.25) is 5.10 Å². The normalized spacial score (nSPS) is 10.8. The Morgan fingerprint density at radius 1 is 1.17 bits per heavy atom. The molecule has 0 fully saturated rings. The van der Waals surface area contributed by atoms with Crippen molar-refractivity contribution < 1.29 is 14.6 Å². The number of rotatable bonds is 3. The van der Waals surface area contributed by atoms with Crippen LogP contribution >= 0.6 is 0 Å². The fraction of sp³-hybridized carbons (Fsp3) is 0.250. The lowest BCUT2D eigenvalue weighted by molar-refractivity contribution is 0.0535. The largest absolute Gasteiger partial charge is 0.507 e. The zero-order chi connectivity index (χ0) is 21.7. The first-order valence-corrected chi connectivity index (χ1v) is 9.63. The van der Waals surface area contributed by atoms with Crippen LogP contribution in [-0.2, 0) is 4.74 Å². The van der Waals surface area contributed by atoms with Gasteiger partial charge >= 0.3 is 6.09 Å². The Hall–Kier alpha value is -3.72. The van der Waals surface area contributed by atoms with Crippen molar-refractivity contribution >= 4 is 6.09 Å². The van der Waals surface area contributed by atoms with Gasteiger partial charge < -0.3 is 15.2 Å². The van der Waals surface area contributed by atoms with Crippen molar-refractivity contribution in [2.24, 2.45) is 0 Å². The Labute approximate surface area is 176 Å². The monoisotopic (exact) mass is 403 g/mol. The average Bonchev–Trinajstić information content (AvgIpc) is 3.16. The number of hydrogen-bond donors (Lipinski definition) is 3. The van der Waals surface area contributed by atoms with E-state index in [-0.39, 0.29) is 12.3 Å². The van der Waals surface area contributed by atoms with E-state index in [0.29, 0.717) is 5.56 Å². The van der Waals surface area contributed by atoms with Crippen molar-refractivity contribution in [3.8, 4) is 40.1 Å². The van der Waals surface area contributed by atoms with Gasteiger partial charge in [0.15, 0.2) is 0 Å². The zero-order valence-corrected chi connectivity index (χ0v) is 17.5. The number of aromatic hydroxyl groups is 1. The third kappa shape index (κ3) is 5.65. The Kier molecular flexibility index (Phi) is 6.12. The Morgan fingerprint density at radius 3 is 2.60 bits per heavy atom. The molecule has 30 heavy (non-hydrogen) atoms. The average molecular weight is 403 g/mol. The fourth-order valence-electron chi connectivity index (χ4n) is 2.77. The molecule has 0 aliphatic rings. The first kappa shape index (κ1) is 21.0. The van der Waals surface area contributed by atoms with Gasteiger partial charge in [0, 0.05) is 16.7 Å². The minimum absolute atomic E-state index is 0.208. The van der Waals surface area contributed by atoms with E-state index < -0.39 is 11.7 Å². The fourth-order valence-corrected chi connectivity index (χ4v) is 2.77. The summed E-state index contributed by atoms with van der Waals surface area (Å²) in [5, 5.41) is 20.0. The molecule has 1 amide bonds. The Morgan fingerprint density at radius 2 is 1.90 bits per heavy atom. The molecule has 0 saturated carbocycles. The minimum Gasteiger partial charge on any atom is -0.507 e. The number of carbonyl (C=O) groups excluding carboxylic acids is 1. The standard InChI is InChI=1S/C24H25N3O3/c1-16-7-12-22(28)19(14-16)21-15-20(26-27-21)18-10-8-17(9-11-18)6-5-13-25-23(29)30-24(2,3)4/h7-12,14-15,28H,13H2,1-4H3,(H,25,29)(H,26,27). The van der Waals surface area contributed by atoms with Crippen LogP contribution < -0.4 is 5.32 Å². The molecule has 3 N–H and O–H groups in total. The minimum atomic E-state index is -0.530. The molecule has 1 heterocycles. The van der Waals surface area contributed by atoms with E-state index in [9.17, 15) is 9.90 Å². The van der Waals surface area contributed by atoms with Crippen LogP contribution in [0.2, 0.25) is 0 Å². The van der Waals surface area contributed by atoms with Crippen LogP contribution in [0.5, 0.6) is 5.75 Å². The molecular formula is C24H25N3O3. The number of alkyl carbamates (subject to hydrolysis) is 1. The molecule has 0 aliphatic carbocycles. The number of phenolic OH excluding ortho intramolecular Hbond substituents is 1. The number of amides is 1. The van der Waals surface area contributed by atoms with Crippen molar-refractivity contribution in [2.45, 2.75) is 33.3 Å². The number of nitrogens with zero attached hydrogens (tertiary/aromatic N) is 1. The third-order valence-electron chi connectivity index (χ3n) is 4.15. The summed E-state index contributed by atoms with van der Waals surface area (Å²) in [5.74, 6) is 6.12. The van der Waals surface area contributed by atoms with E-state index in [2.05, 4.69) is 27.4 Å². The van der Waals surface area contributed by atoms with Crippen LogP contribution in [0, 0.1) is 18.8 Å². The van der Waals surface area contributed by atoms with Crippen LogP contribution in [-0.4, -0.2) is 33.5 Å². The maximum atomic E-state index is 11.6. The van der Waals surface area contributed by atoms with Gasteiger partial charge in [0.1, 0.15) is 11.4 Å². The Balaban J connectivity index is 1.64. The molecule has 0 saturated heterocycles. The summed E-state index contributed by atoms with van der Waals surface area (Å²) >= 11 is 0. The van der Waals surface area contributed by atoms with Crippen LogP contribution in [0.3, 0.4) is 0 Å². The number of aromatic nitrogens is 2. The van der Waals surface area contributed by atoms with Gasteiger partial charge in [-0.2, -0.15) is 5.10 Å². The molecule has 3 rings (SSSR count). The number of benzene rings is 2. The summed E-state index contributed by atoms with van der Waals surface area (Å²) in [6.45, 7) is 7.62. The van der Waals surface area contributed by atoms with Crippen molar-refractivity contribution in [2.75, 3.05) is 6.54 Å². The molecule has 0 bridgehead atoms. The molecule has 0 aliphatic heterocycles. The number of carbonyl (C=O) groups is 1. The molecule has 3 aromatic rings. The smallest absolute Gasteiger partial charge is 0.408 e. The lowest BCUT2D eigenvalue weighted by atomic mass is 10.1. The first-order chi connectivity index (χ1) is 14.2. The number of hydrogen-bond acceptors (Lipinski definition) is 4. The summed E-state index contributed by atoms with van der Waals surface area (Å²) in [4.78, 5) is 11.6. The van der Waals surface area contributed by atoms with E-state index in [1.807, 2.05) is 70.2 Å². The van der Waals surface area contributed by atoms with E-state index in [1.54, 1.807) is 6.07 Å². The predicted octanol–water partition coefficient (Wildman–Crippen LogP) is 4.63. The number of aromatic amines is 1.